The van der Waals surface area contributed by atoms with Crippen molar-refractivity contribution in [3.05, 3.63) is 58.1 Å². The average molecular weight is 245 g/mol. The highest BCUT2D eigenvalue weighted by Crippen LogP contribution is 2.31. The van der Waals surface area contributed by atoms with Crippen LogP contribution in [0.3, 0.4) is 0 Å². The number of phenols is 1. The summed E-state index contributed by atoms with van der Waals surface area (Å²) in [5.74, 6) is 0.906. The SMILES string of the molecule is Cc1c(Oc2cccc(O)c2)cccc1[N+](=O)[O-]. The molecule has 1 N–H and O–H groups in total. The summed E-state index contributed by atoms with van der Waals surface area (Å²) in [5, 5.41) is 20.1. The van der Waals surface area contributed by atoms with Gasteiger partial charge in [-0.25, -0.2) is 0 Å². The molecule has 0 spiro atoms. The molecule has 0 aliphatic rings. The van der Waals surface area contributed by atoms with E-state index >= 15 is 0 Å². The van der Waals surface area contributed by atoms with Gasteiger partial charge in [-0.3, -0.25) is 10.1 Å². The lowest BCUT2D eigenvalue weighted by atomic mass is 10.2. The zero-order valence-electron chi connectivity index (χ0n) is 9.66. The van der Waals surface area contributed by atoms with E-state index in [2.05, 4.69) is 0 Å². The van der Waals surface area contributed by atoms with Crippen LogP contribution in [0, 0.1) is 17.0 Å². The van der Waals surface area contributed by atoms with Crippen LogP contribution in [0.2, 0.25) is 0 Å². The van der Waals surface area contributed by atoms with Gasteiger partial charge in [0.05, 0.1) is 10.5 Å². The number of rotatable bonds is 3. The van der Waals surface area contributed by atoms with E-state index in [-0.39, 0.29) is 11.4 Å². The van der Waals surface area contributed by atoms with Gasteiger partial charge < -0.3 is 9.84 Å². The average Bonchev–Trinajstić information content (AvgIpc) is 2.31. The number of aromatic hydroxyl groups is 1. The van der Waals surface area contributed by atoms with Crippen LogP contribution in [0.4, 0.5) is 5.69 Å². The summed E-state index contributed by atoms with van der Waals surface area (Å²) in [5.41, 5.74) is 0.457. The summed E-state index contributed by atoms with van der Waals surface area (Å²) in [6, 6.07) is 10.9. The standard InChI is InChI=1S/C13H11NO4/c1-9-12(14(16)17)6-3-7-13(9)18-11-5-2-4-10(15)8-11/h2-8,15H,1H3. The Kier molecular flexibility index (Phi) is 3.14. The first-order valence-electron chi connectivity index (χ1n) is 5.29. The Morgan fingerprint density at radius 3 is 2.61 bits per heavy atom. The number of nitro benzene ring substituents is 1. The highest BCUT2D eigenvalue weighted by Gasteiger charge is 2.14. The number of hydrogen-bond acceptors (Lipinski definition) is 4. The molecule has 0 fully saturated rings. The third-order valence-corrected chi connectivity index (χ3v) is 2.50. The highest BCUT2D eigenvalue weighted by atomic mass is 16.6. The van der Waals surface area contributed by atoms with Crippen molar-refractivity contribution < 1.29 is 14.8 Å². The van der Waals surface area contributed by atoms with E-state index in [1.54, 1.807) is 31.2 Å². The Bertz CT molecular complexity index is 595. The Morgan fingerprint density at radius 1 is 1.22 bits per heavy atom. The molecule has 2 aromatic carbocycles. The first-order valence-corrected chi connectivity index (χ1v) is 5.29. The molecule has 0 amide bonds. The second-order valence-corrected chi connectivity index (χ2v) is 3.76. The second-order valence-electron chi connectivity index (χ2n) is 3.76. The molecule has 0 aliphatic carbocycles. The number of phenolic OH excluding ortho intramolecular Hbond substituents is 1. The minimum Gasteiger partial charge on any atom is -0.508 e. The molecule has 5 nitrogen and oxygen atoms in total. The molecule has 2 rings (SSSR count). The zero-order chi connectivity index (χ0) is 13.1. The molecule has 0 unspecified atom stereocenters. The molecule has 0 aliphatic heterocycles. The zero-order valence-corrected chi connectivity index (χ0v) is 9.66. The highest BCUT2D eigenvalue weighted by molar-refractivity contribution is 5.50. The van der Waals surface area contributed by atoms with E-state index in [9.17, 15) is 15.2 Å². The van der Waals surface area contributed by atoms with E-state index in [1.165, 1.54) is 18.2 Å². The number of hydrogen-bond donors (Lipinski definition) is 1. The van der Waals surface area contributed by atoms with Crippen molar-refractivity contribution >= 4 is 5.69 Å². The van der Waals surface area contributed by atoms with Crippen LogP contribution in [0.25, 0.3) is 0 Å². The third-order valence-electron chi connectivity index (χ3n) is 2.50. The van der Waals surface area contributed by atoms with Gasteiger partial charge in [-0.05, 0) is 25.1 Å². The van der Waals surface area contributed by atoms with Gasteiger partial charge in [0.15, 0.2) is 0 Å². The van der Waals surface area contributed by atoms with Crippen molar-refractivity contribution in [2.75, 3.05) is 0 Å². The lowest BCUT2D eigenvalue weighted by molar-refractivity contribution is -0.385. The maximum absolute atomic E-state index is 10.8. The molecule has 2 aromatic rings. The summed E-state index contributed by atoms with van der Waals surface area (Å²) in [6.45, 7) is 1.62. The predicted octanol–water partition coefficient (Wildman–Crippen LogP) is 3.40. The quantitative estimate of drug-likeness (QED) is 0.664. The molecule has 0 aromatic heterocycles. The fourth-order valence-electron chi connectivity index (χ4n) is 1.59. The minimum atomic E-state index is -0.454. The van der Waals surface area contributed by atoms with E-state index in [0.29, 0.717) is 17.1 Å². The van der Waals surface area contributed by atoms with Crippen molar-refractivity contribution in [2.45, 2.75) is 6.92 Å². The number of benzene rings is 2. The van der Waals surface area contributed by atoms with Gasteiger partial charge in [-0.2, -0.15) is 0 Å². The molecular weight excluding hydrogens is 234 g/mol. The van der Waals surface area contributed by atoms with E-state index in [1.807, 2.05) is 0 Å². The molecule has 18 heavy (non-hydrogen) atoms. The van der Waals surface area contributed by atoms with Crippen molar-refractivity contribution in [3.63, 3.8) is 0 Å². The first-order chi connectivity index (χ1) is 8.58. The molecule has 0 radical (unpaired) electrons. The topological polar surface area (TPSA) is 72.6 Å². The van der Waals surface area contributed by atoms with Gasteiger partial charge in [-0.15, -0.1) is 0 Å². The Hall–Kier alpha value is -2.56. The number of ether oxygens (including phenoxy) is 1. The molecule has 0 saturated heterocycles. The smallest absolute Gasteiger partial charge is 0.276 e. The molecule has 92 valence electrons. The fraction of sp³-hybridized carbons (Fsp3) is 0.0769. The first kappa shape index (κ1) is 11.9. The van der Waals surface area contributed by atoms with Gasteiger partial charge >= 0.3 is 0 Å². The van der Waals surface area contributed by atoms with E-state index < -0.39 is 4.92 Å². The van der Waals surface area contributed by atoms with Crippen LogP contribution in [0.1, 0.15) is 5.56 Å². The van der Waals surface area contributed by atoms with E-state index in [4.69, 9.17) is 4.74 Å². The second kappa shape index (κ2) is 4.75. The summed E-state index contributed by atoms with van der Waals surface area (Å²) in [7, 11) is 0. The summed E-state index contributed by atoms with van der Waals surface area (Å²) < 4.78 is 5.52. The summed E-state index contributed by atoms with van der Waals surface area (Å²) in [4.78, 5) is 10.3. The van der Waals surface area contributed by atoms with Crippen LogP contribution >= 0.6 is 0 Å². The van der Waals surface area contributed by atoms with Crippen molar-refractivity contribution in [1.82, 2.24) is 0 Å². The maximum Gasteiger partial charge on any atom is 0.276 e. The van der Waals surface area contributed by atoms with Crippen LogP contribution in [-0.4, -0.2) is 10.0 Å². The molecule has 0 heterocycles. The van der Waals surface area contributed by atoms with Crippen molar-refractivity contribution in [3.8, 4) is 17.2 Å². The predicted molar refractivity (Wildman–Crippen MR) is 66.0 cm³/mol. The lowest BCUT2D eigenvalue weighted by Crippen LogP contribution is -1.94. The van der Waals surface area contributed by atoms with Crippen LogP contribution in [0.15, 0.2) is 42.5 Å². The van der Waals surface area contributed by atoms with Gasteiger partial charge in [0.25, 0.3) is 5.69 Å². The largest absolute Gasteiger partial charge is 0.508 e. The van der Waals surface area contributed by atoms with E-state index in [0.717, 1.165) is 0 Å². The van der Waals surface area contributed by atoms with Gasteiger partial charge in [0, 0.05) is 12.1 Å². The maximum atomic E-state index is 10.8. The van der Waals surface area contributed by atoms with Crippen LogP contribution in [-0.2, 0) is 0 Å². The fourth-order valence-corrected chi connectivity index (χ4v) is 1.59. The van der Waals surface area contributed by atoms with Crippen molar-refractivity contribution in [1.29, 1.82) is 0 Å². The molecule has 0 atom stereocenters. The minimum absolute atomic E-state index is 0.00709. The van der Waals surface area contributed by atoms with Crippen molar-refractivity contribution in [2.24, 2.45) is 0 Å². The normalized spacial score (nSPS) is 10.1. The van der Waals surface area contributed by atoms with Gasteiger partial charge in [-0.1, -0.05) is 12.1 Å². The monoisotopic (exact) mass is 245 g/mol. The Morgan fingerprint density at radius 2 is 1.94 bits per heavy atom. The van der Waals surface area contributed by atoms with Gasteiger partial charge in [0.2, 0.25) is 0 Å². The Labute approximate surface area is 103 Å². The molecular formula is C13H11NO4. The summed E-state index contributed by atoms with van der Waals surface area (Å²) in [6.07, 6.45) is 0. The molecule has 5 heteroatoms. The number of nitrogens with zero attached hydrogens (tertiary/aromatic N) is 1. The lowest BCUT2D eigenvalue weighted by Gasteiger charge is -2.08. The number of nitro groups is 1. The van der Waals surface area contributed by atoms with Gasteiger partial charge in [0.1, 0.15) is 17.2 Å². The third kappa shape index (κ3) is 2.40. The molecule has 0 bridgehead atoms. The van der Waals surface area contributed by atoms with Crippen LogP contribution in [0.5, 0.6) is 17.2 Å². The summed E-state index contributed by atoms with van der Waals surface area (Å²) >= 11 is 0. The van der Waals surface area contributed by atoms with Crippen LogP contribution < -0.4 is 4.74 Å². The molecule has 0 saturated carbocycles. The Balaban J connectivity index is 2.35.